The van der Waals surface area contributed by atoms with Gasteiger partial charge in [0.15, 0.2) is 0 Å². The SMILES string of the molecule is Cc1c(F)cccc1NC(=O)C1NCCC1C. The molecule has 1 aliphatic rings. The Morgan fingerprint density at radius 3 is 2.94 bits per heavy atom. The first kappa shape index (κ1) is 12.0. The van der Waals surface area contributed by atoms with Gasteiger partial charge >= 0.3 is 0 Å². The van der Waals surface area contributed by atoms with Crippen molar-refractivity contribution in [2.75, 3.05) is 11.9 Å². The second-order valence-corrected chi connectivity index (χ2v) is 4.60. The van der Waals surface area contributed by atoms with Crippen molar-refractivity contribution in [3.05, 3.63) is 29.6 Å². The molecule has 1 aromatic rings. The molecule has 0 bridgehead atoms. The van der Waals surface area contributed by atoms with E-state index in [-0.39, 0.29) is 17.8 Å². The largest absolute Gasteiger partial charge is 0.324 e. The van der Waals surface area contributed by atoms with Gasteiger partial charge < -0.3 is 10.6 Å². The Hall–Kier alpha value is -1.42. The van der Waals surface area contributed by atoms with Crippen LogP contribution in [0.4, 0.5) is 10.1 Å². The molecule has 1 heterocycles. The zero-order valence-electron chi connectivity index (χ0n) is 10.1. The quantitative estimate of drug-likeness (QED) is 0.825. The molecule has 4 heteroatoms. The number of anilines is 1. The van der Waals surface area contributed by atoms with Gasteiger partial charge in [0.25, 0.3) is 0 Å². The van der Waals surface area contributed by atoms with Crippen LogP contribution in [0.3, 0.4) is 0 Å². The number of hydrogen-bond acceptors (Lipinski definition) is 2. The normalized spacial score (nSPS) is 23.7. The monoisotopic (exact) mass is 236 g/mol. The molecule has 92 valence electrons. The molecule has 1 saturated heterocycles. The van der Waals surface area contributed by atoms with Crippen molar-refractivity contribution in [1.82, 2.24) is 5.32 Å². The van der Waals surface area contributed by atoms with Crippen LogP contribution >= 0.6 is 0 Å². The topological polar surface area (TPSA) is 41.1 Å². The lowest BCUT2D eigenvalue weighted by Gasteiger charge is -2.16. The van der Waals surface area contributed by atoms with Crippen LogP contribution in [0.5, 0.6) is 0 Å². The van der Waals surface area contributed by atoms with Crippen molar-refractivity contribution in [2.24, 2.45) is 5.92 Å². The third kappa shape index (κ3) is 2.47. The van der Waals surface area contributed by atoms with Crippen molar-refractivity contribution in [2.45, 2.75) is 26.3 Å². The molecule has 0 spiro atoms. The molecule has 1 amide bonds. The highest BCUT2D eigenvalue weighted by Crippen LogP contribution is 2.20. The van der Waals surface area contributed by atoms with Crippen molar-refractivity contribution < 1.29 is 9.18 Å². The minimum atomic E-state index is -0.296. The van der Waals surface area contributed by atoms with Gasteiger partial charge in [-0.1, -0.05) is 13.0 Å². The number of amides is 1. The van der Waals surface area contributed by atoms with E-state index in [0.717, 1.165) is 13.0 Å². The van der Waals surface area contributed by atoms with Crippen LogP contribution in [0.25, 0.3) is 0 Å². The third-order valence-electron chi connectivity index (χ3n) is 3.34. The van der Waals surface area contributed by atoms with Gasteiger partial charge in [-0.3, -0.25) is 4.79 Å². The lowest BCUT2D eigenvalue weighted by atomic mass is 10.0. The molecule has 0 saturated carbocycles. The first-order valence-electron chi connectivity index (χ1n) is 5.89. The first-order chi connectivity index (χ1) is 8.09. The number of benzene rings is 1. The summed E-state index contributed by atoms with van der Waals surface area (Å²) < 4.78 is 13.3. The zero-order chi connectivity index (χ0) is 12.4. The second kappa shape index (κ2) is 4.84. The lowest BCUT2D eigenvalue weighted by molar-refractivity contribution is -0.118. The Balaban J connectivity index is 2.10. The van der Waals surface area contributed by atoms with Crippen LogP contribution < -0.4 is 10.6 Å². The minimum absolute atomic E-state index is 0.0799. The summed E-state index contributed by atoms with van der Waals surface area (Å²) >= 11 is 0. The lowest BCUT2D eigenvalue weighted by Crippen LogP contribution is -2.39. The highest BCUT2D eigenvalue weighted by atomic mass is 19.1. The molecule has 3 nitrogen and oxygen atoms in total. The summed E-state index contributed by atoms with van der Waals surface area (Å²) in [5.41, 5.74) is 1.03. The van der Waals surface area contributed by atoms with E-state index in [0.29, 0.717) is 17.2 Å². The predicted molar refractivity (Wildman–Crippen MR) is 65.3 cm³/mol. The van der Waals surface area contributed by atoms with Crippen molar-refractivity contribution in [3.8, 4) is 0 Å². The van der Waals surface area contributed by atoms with Crippen LogP contribution in [0.15, 0.2) is 18.2 Å². The summed E-state index contributed by atoms with van der Waals surface area (Å²) in [6, 6.07) is 4.54. The van der Waals surface area contributed by atoms with Crippen LogP contribution in [0.2, 0.25) is 0 Å². The molecule has 2 rings (SSSR count). The van der Waals surface area contributed by atoms with Gasteiger partial charge in [-0.05, 0) is 37.9 Å². The smallest absolute Gasteiger partial charge is 0.241 e. The number of halogens is 1. The molecule has 0 aromatic heterocycles. The Morgan fingerprint density at radius 2 is 2.29 bits per heavy atom. The number of rotatable bonds is 2. The van der Waals surface area contributed by atoms with Crippen LogP contribution in [0, 0.1) is 18.7 Å². The molecule has 0 radical (unpaired) electrons. The van der Waals surface area contributed by atoms with E-state index in [1.807, 2.05) is 6.92 Å². The first-order valence-corrected chi connectivity index (χ1v) is 5.89. The van der Waals surface area contributed by atoms with Crippen LogP contribution in [-0.2, 0) is 4.79 Å². The number of carbonyl (C=O) groups is 1. The molecule has 1 fully saturated rings. The molecular formula is C13H17FN2O. The Labute approximate surface area is 100 Å². The van der Waals surface area contributed by atoms with Crippen LogP contribution in [-0.4, -0.2) is 18.5 Å². The number of hydrogen-bond donors (Lipinski definition) is 2. The van der Waals surface area contributed by atoms with E-state index in [1.165, 1.54) is 6.07 Å². The average molecular weight is 236 g/mol. The predicted octanol–water partition coefficient (Wildman–Crippen LogP) is 2.07. The standard InChI is InChI=1S/C13H17FN2O/c1-8-6-7-15-12(8)13(17)16-11-5-3-4-10(14)9(11)2/h3-5,8,12,15H,6-7H2,1-2H3,(H,16,17). The van der Waals surface area contributed by atoms with Gasteiger partial charge in [-0.2, -0.15) is 0 Å². The maximum absolute atomic E-state index is 13.3. The fourth-order valence-electron chi connectivity index (χ4n) is 2.14. The van der Waals surface area contributed by atoms with Crippen molar-refractivity contribution in [1.29, 1.82) is 0 Å². The Kier molecular flexibility index (Phi) is 3.43. The summed E-state index contributed by atoms with van der Waals surface area (Å²) in [7, 11) is 0. The molecule has 2 atom stereocenters. The maximum atomic E-state index is 13.3. The van der Waals surface area contributed by atoms with Gasteiger partial charge in [0.05, 0.1) is 6.04 Å². The molecule has 0 aliphatic carbocycles. The highest BCUT2D eigenvalue weighted by Gasteiger charge is 2.29. The van der Waals surface area contributed by atoms with Gasteiger partial charge in [-0.25, -0.2) is 4.39 Å². The fraction of sp³-hybridized carbons (Fsp3) is 0.462. The fourth-order valence-corrected chi connectivity index (χ4v) is 2.14. The van der Waals surface area contributed by atoms with E-state index < -0.39 is 0 Å². The Morgan fingerprint density at radius 1 is 1.53 bits per heavy atom. The van der Waals surface area contributed by atoms with E-state index in [1.54, 1.807) is 19.1 Å². The minimum Gasteiger partial charge on any atom is -0.324 e. The van der Waals surface area contributed by atoms with Gasteiger partial charge in [-0.15, -0.1) is 0 Å². The van der Waals surface area contributed by atoms with Crippen molar-refractivity contribution in [3.63, 3.8) is 0 Å². The summed E-state index contributed by atoms with van der Waals surface area (Å²) in [6.45, 7) is 4.57. The summed E-state index contributed by atoms with van der Waals surface area (Å²) in [5, 5.41) is 5.94. The molecule has 1 aromatic carbocycles. The van der Waals surface area contributed by atoms with Gasteiger partial charge in [0.2, 0.25) is 5.91 Å². The summed E-state index contributed by atoms with van der Waals surface area (Å²) in [4.78, 5) is 12.0. The zero-order valence-corrected chi connectivity index (χ0v) is 10.1. The summed E-state index contributed by atoms with van der Waals surface area (Å²) in [5.74, 6) is -0.0530. The van der Waals surface area contributed by atoms with Crippen LogP contribution in [0.1, 0.15) is 18.9 Å². The average Bonchev–Trinajstić information content (AvgIpc) is 2.71. The second-order valence-electron chi connectivity index (χ2n) is 4.60. The molecule has 1 aliphatic heterocycles. The summed E-state index contributed by atoms with van der Waals surface area (Å²) in [6.07, 6.45) is 1.00. The maximum Gasteiger partial charge on any atom is 0.241 e. The molecule has 2 N–H and O–H groups in total. The van der Waals surface area contributed by atoms with Crippen molar-refractivity contribution >= 4 is 11.6 Å². The molecule has 17 heavy (non-hydrogen) atoms. The number of carbonyl (C=O) groups excluding carboxylic acids is 1. The molecular weight excluding hydrogens is 219 g/mol. The van der Waals surface area contributed by atoms with E-state index in [4.69, 9.17) is 0 Å². The van der Waals surface area contributed by atoms with E-state index >= 15 is 0 Å². The van der Waals surface area contributed by atoms with E-state index in [9.17, 15) is 9.18 Å². The Bertz CT molecular complexity index is 433. The number of nitrogens with one attached hydrogen (secondary N) is 2. The molecule has 2 unspecified atom stereocenters. The van der Waals surface area contributed by atoms with Gasteiger partial charge in [0.1, 0.15) is 5.82 Å². The third-order valence-corrected chi connectivity index (χ3v) is 3.34. The van der Waals surface area contributed by atoms with Gasteiger partial charge in [0, 0.05) is 11.3 Å². The highest BCUT2D eigenvalue weighted by molar-refractivity contribution is 5.95. The van der Waals surface area contributed by atoms with E-state index in [2.05, 4.69) is 10.6 Å².